The van der Waals surface area contributed by atoms with Crippen LogP contribution in [0.25, 0.3) is 21.6 Å². The quantitative estimate of drug-likeness (QED) is 0.373. The summed E-state index contributed by atoms with van der Waals surface area (Å²) in [7, 11) is 1.82. The predicted octanol–water partition coefficient (Wildman–Crippen LogP) is 3.23. The maximum Gasteiger partial charge on any atom is 0.297 e. The normalized spacial score (nSPS) is 12.5. The first-order valence-electron chi connectivity index (χ1n) is 10.6. The third-order valence-electron chi connectivity index (χ3n) is 5.90. The van der Waals surface area contributed by atoms with Crippen LogP contribution in [0.5, 0.6) is 0 Å². The first-order valence-corrected chi connectivity index (χ1v) is 12.3. The Morgan fingerprint density at radius 3 is 2.59 bits per heavy atom. The molecule has 0 aliphatic rings. The van der Waals surface area contributed by atoms with Crippen LogP contribution in [0.4, 0.5) is 0 Å². The zero-order chi connectivity index (χ0) is 24.1. The largest absolute Gasteiger partial charge is 0.309 e. The molecule has 0 bridgehead atoms. The highest BCUT2D eigenvalue weighted by Gasteiger charge is 2.24. The summed E-state index contributed by atoms with van der Waals surface area (Å²) in [5, 5.41) is 12.9. The molecular formula is C22H22N8O2S2. The van der Waals surface area contributed by atoms with Gasteiger partial charge in [0.2, 0.25) is 5.16 Å². The van der Waals surface area contributed by atoms with Crippen LogP contribution in [0.1, 0.15) is 34.1 Å². The van der Waals surface area contributed by atoms with Crippen molar-refractivity contribution in [3.8, 4) is 11.4 Å². The predicted molar refractivity (Wildman–Crippen MR) is 132 cm³/mol. The average Bonchev–Trinajstić information content (AvgIpc) is 3.44. The van der Waals surface area contributed by atoms with E-state index in [4.69, 9.17) is 0 Å². The van der Waals surface area contributed by atoms with Crippen molar-refractivity contribution in [1.29, 1.82) is 0 Å². The highest BCUT2D eigenvalue weighted by atomic mass is 32.2. The second kappa shape index (κ2) is 8.37. The molecule has 34 heavy (non-hydrogen) atoms. The van der Waals surface area contributed by atoms with Gasteiger partial charge in [0, 0.05) is 11.9 Å². The zero-order valence-electron chi connectivity index (χ0n) is 19.2. The Hall–Kier alpha value is -3.51. The van der Waals surface area contributed by atoms with Crippen molar-refractivity contribution >= 4 is 33.3 Å². The minimum absolute atomic E-state index is 0.154. The second-order valence-electron chi connectivity index (χ2n) is 7.96. The van der Waals surface area contributed by atoms with Gasteiger partial charge in [-0.3, -0.25) is 14.3 Å². The fourth-order valence-electron chi connectivity index (χ4n) is 3.87. The van der Waals surface area contributed by atoms with Gasteiger partial charge in [0.25, 0.3) is 11.1 Å². The molecule has 1 unspecified atom stereocenters. The lowest BCUT2D eigenvalue weighted by Gasteiger charge is -2.10. The van der Waals surface area contributed by atoms with Gasteiger partial charge in [0.05, 0.1) is 22.0 Å². The van der Waals surface area contributed by atoms with Crippen LogP contribution in [0.15, 0.2) is 45.1 Å². The lowest BCUT2D eigenvalue weighted by Crippen LogP contribution is -2.22. The molecule has 1 aromatic carbocycles. The van der Waals surface area contributed by atoms with E-state index in [0.29, 0.717) is 32.6 Å². The fourth-order valence-corrected chi connectivity index (χ4v) is 5.76. The van der Waals surface area contributed by atoms with Gasteiger partial charge >= 0.3 is 0 Å². The summed E-state index contributed by atoms with van der Waals surface area (Å²) in [6.07, 6.45) is 0. The molecule has 0 saturated heterocycles. The maximum absolute atomic E-state index is 13.4. The number of aromatic amines is 1. The molecule has 0 saturated carbocycles. The number of aromatic nitrogens is 8. The van der Waals surface area contributed by atoms with E-state index in [-0.39, 0.29) is 16.4 Å². The van der Waals surface area contributed by atoms with Gasteiger partial charge in [-0.15, -0.1) is 16.4 Å². The number of rotatable bonds is 5. The smallest absolute Gasteiger partial charge is 0.297 e. The van der Waals surface area contributed by atoms with Gasteiger partial charge in [0.15, 0.2) is 5.69 Å². The van der Waals surface area contributed by atoms with Gasteiger partial charge in [-0.05, 0) is 55.8 Å². The van der Waals surface area contributed by atoms with Crippen LogP contribution in [-0.2, 0) is 7.05 Å². The Kier molecular flexibility index (Phi) is 5.48. The summed E-state index contributed by atoms with van der Waals surface area (Å²) >= 11 is 2.83. The number of benzene rings is 1. The number of thiophene rings is 1. The molecule has 0 amide bonds. The molecule has 5 rings (SSSR count). The summed E-state index contributed by atoms with van der Waals surface area (Å²) in [5.74, 6) is 0.532. The number of nitrogens with zero attached hydrogens (tertiary/aromatic N) is 7. The summed E-state index contributed by atoms with van der Waals surface area (Å²) < 4.78 is 4.81. The van der Waals surface area contributed by atoms with E-state index in [1.165, 1.54) is 27.8 Å². The van der Waals surface area contributed by atoms with Crippen LogP contribution in [0.2, 0.25) is 0 Å². The highest BCUT2D eigenvalue weighted by molar-refractivity contribution is 7.99. The summed E-state index contributed by atoms with van der Waals surface area (Å²) in [4.78, 5) is 35.5. The van der Waals surface area contributed by atoms with Crippen molar-refractivity contribution in [3.63, 3.8) is 0 Å². The second-order valence-corrected chi connectivity index (χ2v) is 10.5. The van der Waals surface area contributed by atoms with E-state index < -0.39 is 0 Å². The molecule has 0 fully saturated rings. The lowest BCUT2D eigenvalue weighted by atomic mass is 10.2. The van der Waals surface area contributed by atoms with E-state index in [9.17, 15) is 9.59 Å². The molecule has 0 aliphatic heterocycles. The topological polar surface area (TPSA) is 116 Å². The number of H-pyrrole nitrogens is 1. The molecule has 0 aliphatic carbocycles. The number of thioether (sulfide) groups is 1. The van der Waals surface area contributed by atoms with Crippen LogP contribution in [0.3, 0.4) is 0 Å². The Labute approximate surface area is 202 Å². The summed E-state index contributed by atoms with van der Waals surface area (Å²) in [5.41, 5.74) is 2.40. The summed E-state index contributed by atoms with van der Waals surface area (Å²) in [6, 6.07) is 9.40. The van der Waals surface area contributed by atoms with Gasteiger partial charge in [-0.1, -0.05) is 30.0 Å². The van der Waals surface area contributed by atoms with Gasteiger partial charge in [-0.2, -0.15) is 4.68 Å². The van der Waals surface area contributed by atoms with Crippen LogP contribution >= 0.6 is 23.1 Å². The molecule has 1 N–H and O–H groups in total. The number of nitrogens with one attached hydrogen (secondary N) is 1. The number of tetrazole rings is 1. The van der Waals surface area contributed by atoms with Gasteiger partial charge < -0.3 is 4.98 Å². The van der Waals surface area contributed by atoms with Gasteiger partial charge in [-0.25, -0.2) is 9.67 Å². The van der Waals surface area contributed by atoms with Crippen molar-refractivity contribution < 1.29 is 0 Å². The van der Waals surface area contributed by atoms with E-state index in [2.05, 4.69) is 25.5 Å². The monoisotopic (exact) mass is 494 g/mol. The number of fused-ring (bicyclic) bond motifs is 1. The van der Waals surface area contributed by atoms with E-state index in [1.54, 1.807) is 9.36 Å². The molecule has 12 heteroatoms. The summed E-state index contributed by atoms with van der Waals surface area (Å²) in [6.45, 7) is 7.68. The lowest BCUT2D eigenvalue weighted by molar-refractivity contribution is 0.630. The molecular weight excluding hydrogens is 472 g/mol. The first-order chi connectivity index (χ1) is 16.3. The number of aryl methyl sites for hydroxylation is 2. The Morgan fingerprint density at radius 2 is 1.85 bits per heavy atom. The Morgan fingerprint density at radius 1 is 1.12 bits per heavy atom. The van der Waals surface area contributed by atoms with Crippen LogP contribution in [0, 0.1) is 20.8 Å². The molecule has 4 heterocycles. The van der Waals surface area contributed by atoms with Crippen molar-refractivity contribution in [2.24, 2.45) is 7.05 Å². The third-order valence-corrected chi connectivity index (χ3v) is 8.04. The highest BCUT2D eigenvalue weighted by Crippen LogP contribution is 2.34. The average molecular weight is 495 g/mol. The van der Waals surface area contributed by atoms with E-state index in [0.717, 1.165) is 16.1 Å². The standard InChI is InChI=1S/C22H22N8O2S2/c1-11-13(3)33-20-16(11)19(31)23-18(24-20)14(4)34-22-25-26-27-29(22)17-12(2)28(5)30(21(17)32)15-9-7-6-8-10-15/h6-10,14H,1-5H3,(H,23,24,31). The van der Waals surface area contributed by atoms with Crippen molar-refractivity contribution in [2.45, 2.75) is 38.1 Å². The molecule has 174 valence electrons. The maximum atomic E-state index is 13.4. The number of hydrogen-bond donors (Lipinski definition) is 1. The fraction of sp³-hybridized carbons (Fsp3) is 0.273. The van der Waals surface area contributed by atoms with Crippen LogP contribution < -0.4 is 11.1 Å². The van der Waals surface area contributed by atoms with Crippen molar-refractivity contribution in [3.05, 3.63) is 73.0 Å². The van der Waals surface area contributed by atoms with E-state index in [1.807, 2.05) is 65.1 Å². The number of para-hydroxylation sites is 1. The first kappa shape index (κ1) is 22.3. The van der Waals surface area contributed by atoms with Crippen molar-refractivity contribution in [2.75, 3.05) is 0 Å². The molecule has 10 nitrogen and oxygen atoms in total. The van der Waals surface area contributed by atoms with Gasteiger partial charge in [0.1, 0.15) is 10.7 Å². The SMILES string of the molecule is Cc1sc2nc(C(C)Sc3nnnn3-c3c(C)n(C)n(-c4ccccc4)c3=O)[nH]c(=O)c2c1C. The molecule has 4 aromatic heterocycles. The van der Waals surface area contributed by atoms with E-state index >= 15 is 0 Å². The molecule has 0 radical (unpaired) electrons. The molecule has 5 aromatic rings. The molecule has 0 spiro atoms. The minimum Gasteiger partial charge on any atom is -0.309 e. The number of hydrogen-bond acceptors (Lipinski definition) is 8. The Balaban J connectivity index is 1.54. The molecule has 1 atom stereocenters. The Bertz CT molecular complexity index is 1640. The zero-order valence-corrected chi connectivity index (χ0v) is 20.9. The van der Waals surface area contributed by atoms with Crippen molar-refractivity contribution in [1.82, 2.24) is 39.5 Å². The van der Waals surface area contributed by atoms with Crippen LogP contribution in [-0.4, -0.2) is 39.5 Å². The minimum atomic E-state index is -0.259. The third kappa shape index (κ3) is 3.49.